The molecule has 16 heteroatoms. The number of aryl methyl sites for hydroxylation is 4. The summed E-state index contributed by atoms with van der Waals surface area (Å²) in [6.07, 6.45) is -0.617. The molecule has 0 spiro atoms. The van der Waals surface area contributed by atoms with Crippen LogP contribution in [0.2, 0.25) is 0 Å². The summed E-state index contributed by atoms with van der Waals surface area (Å²) in [5.41, 5.74) is 31.4. The number of carbonyl (C=O) groups excluding carboxylic acids is 4. The Morgan fingerprint density at radius 3 is 1.15 bits per heavy atom. The number of fused-ring (bicyclic) bond motifs is 16. The Morgan fingerprint density at radius 1 is 0.429 bits per heavy atom. The van der Waals surface area contributed by atoms with Crippen molar-refractivity contribution in [3.8, 4) is 0 Å². The first kappa shape index (κ1) is 53.9. The van der Waals surface area contributed by atoms with Crippen molar-refractivity contribution in [3.63, 3.8) is 0 Å². The lowest BCUT2D eigenvalue weighted by atomic mass is 9.85. The van der Waals surface area contributed by atoms with Crippen LogP contribution in [-0.4, -0.2) is 95.8 Å². The number of aromatic nitrogens is 2. The summed E-state index contributed by atoms with van der Waals surface area (Å²) in [6, 6.07) is 47.5. The molecule has 0 radical (unpaired) electrons. The van der Waals surface area contributed by atoms with Crippen LogP contribution in [0.5, 0.6) is 0 Å². The van der Waals surface area contributed by atoms with E-state index in [9.17, 15) is 19.2 Å². The van der Waals surface area contributed by atoms with Gasteiger partial charge >= 0.3 is 0 Å². The molecule has 4 unspecified atom stereocenters. The van der Waals surface area contributed by atoms with Crippen molar-refractivity contribution >= 4 is 46.6 Å². The molecule has 8 aromatic rings. The van der Waals surface area contributed by atoms with Crippen LogP contribution in [-0.2, 0) is 22.6 Å². The van der Waals surface area contributed by atoms with Crippen molar-refractivity contribution in [2.75, 3.05) is 73.6 Å². The average molecular weight is 1120 g/mol. The Bertz CT molecular complexity index is 3890. The second kappa shape index (κ2) is 22.1. The number of nitrogen functional groups attached to an aromatic ring is 2. The van der Waals surface area contributed by atoms with Crippen LogP contribution in [0, 0.1) is 27.7 Å². The van der Waals surface area contributed by atoms with E-state index in [1.54, 1.807) is 0 Å². The third-order valence-corrected chi connectivity index (χ3v) is 17.5. The van der Waals surface area contributed by atoms with Crippen LogP contribution in [0.15, 0.2) is 146 Å². The SMILES string of the molecule is Cc1cc(N)nc(C)c1CNC(=O)c1ccc2c(c1)C1OC2c2cc(N3CCN(C(=O)c4ccccc4)CC3)ccc21.Cc1cc(N)nc(C)c1CNC(=O)c1ccc2c(c1)C1OC2c2ccc(N3CCN(C(=O)c4ccccc4)CC3)cc21. The molecule has 16 nitrogen and oxygen atoms in total. The zero-order valence-corrected chi connectivity index (χ0v) is 47.5. The highest BCUT2D eigenvalue weighted by atomic mass is 16.5. The smallest absolute Gasteiger partial charge is 0.253 e. The van der Waals surface area contributed by atoms with Crippen LogP contribution < -0.4 is 31.9 Å². The Labute approximate surface area is 488 Å². The van der Waals surface area contributed by atoms with Crippen LogP contribution >= 0.6 is 0 Å². The number of carbonyl (C=O) groups is 4. The molecule has 4 bridgehead atoms. The number of amides is 4. The fourth-order valence-corrected chi connectivity index (χ4v) is 13.1. The molecule has 2 aromatic heterocycles. The maximum absolute atomic E-state index is 13.2. The number of nitrogens with zero attached hydrogens (tertiary/aromatic N) is 6. The number of hydrogen-bond acceptors (Lipinski definition) is 12. The van der Waals surface area contributed by atoms with E-state index < -0.39 is 0 Å². The van der Waals surface area contributed by atoms with E-state index in [0.29, 0.717) is 62.0 Å². The minimum absolute atomic E-state index is 0.0850. The molecule has 4 amide bonds. The number of nitrogens with one attached hydrogen (secondary N) is 2. The number of anilines is 4. The maximum Gasteiger partial charge on any atom is 0.253 e. The van der Waals surface area contributed by atoms with Crippen molar-refractivity contribution in [2.24, 2.45) is 0 Å². The number of pyridine rings is 2. The molecular formula is C68H66N10O6. The van der Waals surface area contributed by atoms with E-state index in [4.69, 9.17) is 20.9 Å². The van der Waals surface area contributed by atoms with E-state index in [-0.39, 0.29) is 48.0 Å². The molecule has 14 rings (SSSR count). The fraction of sp³-hybridized carbons (Fsp3) is 0.265. The first-order chi connectivity index (χ1) is 40.7. The molecule has 8 heterocycles. The lowest BCUT2D eigenvalue weighted by molar-refractivity contribution is 0.0739. The molecule has 6 aliphatic heterocycles. The normalized spacial score (nSPS) is 18.5. The van der Waals surface area contributed by atoms with Crippen LogP contribution in [0.3, 0.4) is 0 Å². The Balaban J connectivity index is 0.000000157. The average Bonchev–Trinajstić information content (AvgIpc) is 2.08. The highest BCUT2D eigenvalue weighted by Crippen LogP contribution is 2.56. The highest BCUT2D eigenvalue weighted by Gasteiger charge is 2.45. The van der Waals surface area contributed by atoms with Gasteiger partial charge in [0.15, 0.2) is 0 Å². The molecular weight excluding hydrogens is 1050 g/mol. The lowest BCUT2D eigenvalue weighted by Gasteiger charge is -2.36. The molecule has 0 saturated carbocycles. The summed E-state index contributed by atoms with van der Waals surface area (Å²) in [5, 5.41) is 6.09. The number of ether oxygens (including phenoxy) is 2. The number of hydrogen-bond donors (Lipinski definition) is 4. The fourth-order valence-electron chi connectivity index (χ4n) is 13.1. The van der Waals surface area contributed by atoms with Crippen LogP contribution in [0.25, 0.3) is 0 Å². The zero-order chi connectivity index (χ0) is 57.9. The van der Waals surface area contributed by atoms with Gasteiger partial charge in [-0.05, 0) is 179 Å². The van der Waals surface area contributed by atoms with Gasteiger partial charge in [0.05, 0.1) is 0 Å². The van der Waals surface area contributed by atoms with Gasteiger partial charge in [0.2, 0.25) is 0 Å². The maximum atomic E-state index is 13.2. The third kappa shape index (κ3) is 10.0. The Morgan fingerprint density at radius 2 is 0.774 bits per heavy atom. The number of piperazine rings is 2. The summed E-state index contributed by atoms with van der Waals surface area (Å²) in [6.45, 7) is 14.4. The summed E-state index contributed by atoms with van der Waals surface area (Å²) in [7, 11) is 0. The van der Waals surface area contributed by atoms with Crippen molar-refractivity contribution in [1.29, 1.82) is 0 Å². The van der Waals surface area contributed by atoms with Gasteiger partial charge in [-0.15, -0.1) is 0 Å². The minimum Gasteiger partial charge on any atom is -0.384 e. The molecule has 84 heavy (non-hydrogen) atoms. The third-order valence-electron chi connectivity index (χ3n) is 17.5. The lowest BCUT2D eigenvalue weighted by Crippen LogP contribution is -2.48. The Hall–Kier alpha value is -9.38. The van der Waals surface area contributed by atoms with Gasteiger partial charge in [-0.2, -0.15) is 0 Å². The van der Waals surface area contributed by atoms with Gasteiger partial charge in [0.1, 0.15) is 36.1 Å². The molecule has 0 aliphatic carbocycles. The molecule has 6 aliphatic rings. The molecule has 2 fully saturated rings. The number of benzene rings is 6. The molecule has 6 N–H and O–H groups in total. The van der Waals surface area contributed by atoms with Crippen LogP contribution in [0.1, 0.15) is 144 Å². The van der Waals surface area contributed by atoms with Gasteiger partial charge in [-0.1, -0.05) is 60.7 Å². The standard InChI is InChI=1S/2C34H33N5O3/c1-20-16-30(35)37-21(2)29(20)19-36-33(40)23-8-10-25-27(17-23)31-26-11-9-24(18-28(26)32(25)42-31)38-12-14-39(15-13-38)34(41)22-6-4-3-5-7-22;1-20-16-30(35)37-21(2)29(20)19-36-33(40)23-8-10-25-27(17-23)32-28-18-24(9-11-26(28)31(25)42-32)38-12-14-39(15-13-38)34(41)22-6-4-3-5-7-22/h2*3-11,16-18,31-32H,12-15,19H2,1-2H3,(H2,35,37)(H,36,40). The van der Waals surface area contributed by atoms with E-state index in [1.807, 2.05) is 147 Å². The van der Waals surface area contributed by atoms with Gasteiger partial charge in [-0.25, -0.2) is 9.97 Å². The summed E-state index contributed by atoms with van der Waals surface area (Å²) in [5.74, 6) is 0.884. The Kier molecular flexibility index (Phi) is 14.2. The largest absolute Gasteiger partial charge is 0.384 e. The van der Waals surface area contributed by atoms with Crippen molar-refractivity contribution < 1.29 is 28.7 Å². The number of nitrogens with two attached hydrogens (primary N) is 2. The zero-order valence-electron chi connectivity index (χ0n) is 47.5. The van der Waals surface area contributed by atoms with Crippen LogP contribution in [0.4, 0.5) is 23.0 Å². The topological polar surface area (TPSA) is 202 Å². The predicted molar refractivity (Wildman–Crippen MR) is 323 cm³/mol. The minimum atomic E-state index is -0.195. The van der Waals surface area contributed by atoms with E-state index in [1.165, 1.54) is 11.1 Å². The molecule has 6 aromatic carbocycles. The van der Waals surface area contributed by atoms with Crippen molar-refractivity contribution in [3.05, 3.63) is 246 Å². The molecule has 424 valence electrons. The molecule has 4 atom stereocenters. The monoisotopic (exact) mass is 1120 g/mol. The quantitative estimate of drug-likeness (QED) is 0.101. The summed E-state index contributed by atoms with van der Waals surface area (Å²) >= 11 is 0. The van der Waals surface area contributed by atoms with Crippen molar-refractivity contribution in [1.82, 2.24) is 30.4 Å². The van der Waals surface area contributed by atoms with E-state index in [0.717, 1.165) is 116 Å². The van der Waals surface area contributed by atoms with Gasteiger partial charge in [0.25, 0.3) is 23.6 Å². The summed E-state index contributed by atoms with van der Waals surface area (Å²) in [4.78, 5) is 69.2. The van der Waals surface area contributed by atoms with E-state index in [2.05, 4.69) is 66.8 Å². The van der Waals surface area contributed by atoms with Gasteiger partial charge in [0, 0.05) is 110 Å². The van der Waals surface area contributed by atoms with Gasteiger partial charge < -0.3 is 51.2 Å². The van der Waals surface area contributed by atoms with Crippen molar-refractivity contribution in [2.45, 2.75) is 65.2 Å². The first-order valence-corrected chi connectivity index (χ1v) is 28.8. The van der Waals surface area contributed by atoms with Gasteiger partial charge in [-0.3, -0.25) is 19.2 Å². The second-order valence-electron chi connectivity index (χ2n) is 22.6. The molecule has 2 saturated heterocycles. The number of rotatable bonds is 10. The first-order valence-electron chi connectivity index (χ1n) is 28.8. The summed E-state index contributed by atoms with van der Waals surface area (Å²) < 4.78 is 12.9. The second-order valence-corrected chi connectivity index (χ2v) is 22.6. The highest BCUT2D eigenvalue weighted by molar-refractivity contribution is 5.96. The van der Waals surface area contributed by atoms with E-state index >= 15 is 0 Å². The predicted octanol–water partition coefficient (Wildman–Crippen LogP) is 9.39.